The second-order valence-electron chi connectivity index (χ2n) is 3.80. The summed E-state index contributed by atoms with van der Waals surface area (Å²) in [4.78, 5) is 0. The van der Waals surface area contributed by atoms with E-state index in [4.69, 9.17) is 0 Å². The molecule has 0 heterocycles. The van der Waals surface area contributed by atoms with E-state index in [1.165, 1.54) is 0 Å². The predicted molar refractivity (Wildman–Crippen MR) is 54.5 cm³/mol. The molecule has 0 amide bonds. The van der Waals surface area contributed by atoms with Crippen molar-refractivity contribution in [1.29, 1.82) is 0 Å². The Bertz CT molecular complexity index is 149. The highest BCUT2D eigenvalue weighted by molar-refractivity contribution is 4.58. The SMILES string of the molecule is CCCCC(O)(O)OC(O)(O)CCCC. The van der Waals surface area contributed by atoms with Crippen LogP contribution in [0.1, 0.15) is 52.4 Å². The third kappa shape index (κ3) is 7.70. The van der Waals surface area contributed by atoms with Gasteiger partial charge in [-0.25, -0.2) is 0 Å². The van der Waals surface area contributed by atoms with E-state index in [2.05, 4.69) is 4.74 Å². The molecular weight excluding hydrogens is 200 g/mol. The summed E-state index contributed by atoms with van der Waals surface area (Å²) < 4.78 is 4.45. The zero-order valence-electron chi connectivity index (χ0n) is 9.44. The van der Waals surface area contributed by atoms with Gasteiger partial charge in [-0.2, -0.15) is 0 Å². The first kappa shape index (κ1) is 14.8. The molecule has 0 bridgehead atoms. The lowest BCUT2D eigenvalue weighted by atomic mass is 10.2. The smallest absolute Gasteiger partial charge is 0.282 e. The fourth-order valence-electron chi connectivity index (χ4n) is 1.18. The summed E-state index contributed by atoms with van der Waals surface area (Å²) in [6, 6.07) is 0. The van der Waals surface area contributed by atoms with Gasteiger partial charge in [0, 0.05) is 12.8 Å². The van der Waals surface area contributed by atoms with Gasteiger partial charge in [-0.3, -0.25) is 4.74 Å². The van der Waals surface area contributed by atoms with E-state index in [-0.39, 0.29) is 12.8 Å². The molecular formula is C10H22O5. The first-order valence-corrected chi connectivity index (χ1v) is 5.42. The van der Waals surface area contributed by atoms with E-state index in [9.17, 15) is 20.4 Å². The molecule has 0 saturated heterocycles. The molecule has 0 fully saturated rings. The Labute approximate surface area is 90.3 Å². The Morgan fingerprint density at radius 3 is 1.40 bits per heavy atom. The molecule has 0 aromatic carbocycles. The number of rotatable bonds is 8. The summed E-state index contributed by atoms with van der Waals surface area (Å²) in [7, 11) is 0. The predicted octanol–water partition coefficient (Wildman–Crippen LogP) is 0.660. The summed E-state index contributed by atoms with van der Waals surface area (Å²) >= 11 is 0. The maximum Gasteiger partial charge on any atom is 0.282 e. The van der Waals surface area contributed by atoms with Crippen molar-refractivity contribution >= 4 is 0 Å². The van der Waals surface area contributed by atoms with Crippen molar-refractivity contribution in [3.8, 4) is 0 Å². The lowest BCUT2D eigenvalue weighted by molar-refractivity contribution is -0.473. The van der Waals surface area contributed by atoms with E-state index in [1.54, 1.807) is 0 Å². The molecule has 5 heteroatoms. The minimum atomic E-state index is -2.47. The lowest BCUT2D eigenvalue weighted by Gasteiger charge is -2.30. The largest absolute Gasteiger partial charge is 0.343 e. The van der Waals surface area contributed by atoms with Crippen LogP contribution in [0.5, 0.6) is 0 Å². The minimum Gasteiger partial charge on any atom is -0.343 e. The van der Waals surface area contributed by atoms with Gasteiger partial charge in [0.15, 0.2) is 0 Å². The van der Waals surface area contributed by atoms with Crippen molar-refractivity contribution in [2.75, 3.05) is 0 Å². The van der Waals surface area contributed by atoms with E-state index < -0.39 is 11.9 Å². The van der Waals surface area contributed by atoms with E-state index in [0.29, 0.717) is 12.8 Å². The van der Waals surface area contributed by atoms with Crippen molar-refractivity contribution in [2.24, 2.45) is 0 Å². The van der Waals surface area contributed by atoms with Crippen LogP contribution < -0.4 is 0 Å². The molecule has 15 heavy (non-hydrogen) atoms. The first-order chi connectivity index (χ1) is 6.83. The summed E-state index contributed by atoms with van der Waals surface area (Å²) in [6.07, 6.45) is 2.53. The van der Waals surface area contributed by atoms with Gasteiger partial charge < -0.3 is 20.4 Å². The molecule has 0 aromatic heterocycles. The quantitative estimate of drug-likeness (QED) is 0.453. The van der Waals surface area contributed by atoms with Crippen molar-refractivity contribution in [3.05, 3.63) is 0 Å². The average Bonchev–Trinajstić information content (AvgIpc) is 2.10. The summed E-state index contributed by atoms with van der Waals surface area (Å²) in [5.41, 5.74) is 0. The fraction of sp³-hybridized carbons (Fsp3) is 1.00. The Morgan fingerprint density at radius 2 is 1.13 bits per heavy atom. The van der Waals surface area contributed by atoms with E-state index >= 15 is 0 Å². The summed E-state index contributed by atoms with van der Waals surface area (Å²) in [5, 5.41) is 37.2. The van der Waals surface area contributed by atoms with Gasteiger partial charge in [0.1, 0.15) is 0 Å². The van der Waals surface area contributed by atoms with Gasteiger partial charge in [0.25, 0.3) is 11.9 Å². The van der Waals surface area contributed by atoms with Gasteiger partial charge in [-0.1, -0.05) is 26.7 Å². The van der Waals surface area contributed by atoms with Gasteiger partial charge in [0.2, 0.25) is 0 Å². The first-order valence-electron chi connectivity index (χ1n) is 5.42. The molecule has 0 rings (SSSR count). The zero-order chi connectivity index (χ0) is 11.9. The number of hydrogen-bond acceptors (Lipinski definition) is 5. The van der Waals surface area contributed by atoms with Crippen LogP contribution in [-0.2, 0) is 4.74 Å². The maximum atomic E-state index is 9.29. The summed E-state index contributed by atoms with van der Waals surface area (Å²) in [5.74, 6) is -4.93. The zero-order valence-corrected chi connectivity index (χ0v) is 9.44. The van der Waals surface area contributed by atoms with E-state index in [0.717, 1.165) is 12.8 Å². The van der Waals surface area contributed by atoms with Crippen LogP contribution >= 0.6 is 0 Å². The molecule has 0 spiro atoms. The van der Waals surface area contributed by atoms with Crippen molar-refractivity contribution in [3.63, 3.8) is 0 Å². The average molecular weight is 222 g/mol. The third-order valence-corrected chi connectivity index (χ3v) is 2.04. The topological polar surface area (TPSA) is 90.2 Å². The number of unbranched alkanes of at least 4 members (excludes halogenated alkanes) is 2. The molecule has 5 nitrogen and oxygen atoms in total. The van der Waals surface area contributed by atoms with Crippen LogP contribution in [0.2, 0.25) is 0 Å². The monoisotopic (exact) mass is 222 g/mol. The molecule has 0 aliphatic heterocycles. The van der Waals surface area contributed by atoms with Crippen LogP contribution in [-0.4, -0.2) is 32.4 Å². The molecule has 0 atom stereocenters. The highest BCUT2D eigenvalue weighted by Gasteiger charge is 2.35. The molecule has 92 valence electrons. The van der Waals surface area contributed by atoms with Gasteiger partial charge in [0.05, 0.1) is 0 Å². The molecule has 0 aliphatic carbocycles. The minimum absolute atomic E-state index is 0.0432. The molecule has 0 aliphatic rings. The fourth-order valence-corrected chi connectivity index (χ4v) is 1.18. The highest BCUT2D eigenvalue weighted by Crippen LogP contribution is 2.22. The Balaban J connectivity index is 4.04. The second-order valence-corrected chi connectivity index (χ2v) is 3.80. The number of ether oxygens (including phenoxy) is 1. The standard InChI is InChI=1S/C10H22O5/c1-3-5-7-9(11,12)15-10(13,14)8-6-4-2/h11-14H,3-8H2,1-2H3. The van der Waals surface area contributed by atoms with Gasteiger partial charge in [-0.15, -0.1) is 0 Å². The molecule has 0 saturated carbocycles. The van der Waals surface area contributed by atoms with Crippen LogP contribution in [0.25, 0.3) is 0 Å². The normalized spacial score (nSPS) is 13.2. The van der Waals surface area contributed by atoms with E-state index in [1.807, 2.05) is 13.8 Å². The molecule has 0 radical (unpaired) electrons. The second kappa shape index (κ2) is 6.40. The molecule has 0 unspecified atom stereocenters. The van der Waals surface area contributed by atoms with Crippen LogP contribution in [0.15, 0.2) is 0 Å². The third-order valence-electron chi connectivity index (χ3n) is 2.04. The lowest BCUT2D eigenvalue weighted by Crippen LogP contribution is -2.44. The Kier molecular flexibility index (Phi) is 6.31. The summed E-state index contributed by atoms with van der Waals surface area (Å²) in [6.45, 7) is 3.77. The number of hydrogen-bond donors (Lipinski definition) is 4. The van der Waals surface area contributed by atoms with Crippen molar-refractivity contribution in [2.45, 2.75) is 64.3 Å². The van der Waals surface area contributed by atoms with Gasteiger partial charge in [-0.05, 0) is 12.8 Å². The molecule has 0 aromatic rings. The number of aliphatic hydroxyl groups is 4. The van der Waals surface area contributed by atoms with Crippen molar-refractivity contribution < 1.29 is 25.2 Å². The maximum absolute atomic E-state index is 9.29. The van der Waals surface area contributed by atoms with Gasteiger partial charge >= 0.3 is 0 Å². The van der Waals surface area contributed by atoms with Crippen LogP contribution in [0.3, 0.4) is 0 Å². The van der Waals surface area contributed by atoms with Crippen LogP contribution in [0, 0.1) is 0 Å². The highest BCUT2D eigenvalue weighted by atomic mass is 16.9. The molecule has 4 N–H and O–H groups in total. The Hall–Kier alpha value is -0.200. The van der Waals surface area contributed by atoms with Crippen molar-refractivity contribution in [1.82, 2.24) is 0 Å². The Morgan fingerprint density at radius 1 is 0.800 bits per heavy atom. The van der Waals surface area contributed by atoms with Crippen LogP contribution in [0.4, 0.5) is 0 Å².